The summed E-state index contributed by atoms with van der Waals surface area (Å²) in [5.41, 5.74) is -0.386. The van der Waals surface area contributed by atoms with Crippen molar-refractivity contribution >= 4 is 11.9 Å². The lowest BCUT2D eigenvalue weighted by atomic mass is 9.82. The van der Waals surface area contributed by atoms with Gasteiger partial charge in [0.1, 0.15) is 17.8 Å². The van der Waals surface area contributed by atoms with Gasteiger partial charge in [0.15, 0.2) is 5.60 Å². The Bertz CT molecular complexity index is 728. The van der Waals surface area contributed by atoms with Crippen LogP contribution in [0.25, 0.3) is 0 Å². The molecule has 7 nitrogen and oxygen atoms in total. The van der Waals surface area contributed by atoms with Crippen molar-refractivity contribution in [1.29, 1.82) is 0 Å². The predicted molar refractivity (Wildman–Crippen MR) is 93.6 cm³/mol. The number of aliphatic hydroxyl groups is 1. The Hall–Kier alpha value is -1.70. The van der Waals surface area contributed by atoms with Crippen LogP contribution in [-0.2, 0) is 28.5 Å². The Kier molecular flexibility index (Phi) is 4.25. The third-order valence-electron chi connectivity index (χ3n) is 6.44. The topological polar surface area (TPSA) is 97.9 Å². The number of carbonyl (C=O) groups excluding carboxylic acids is 2. The van der Waals surface area contributed by atoms with Crippen molar-refractivity contribution in [3.05, 3.63) is 23.8 Å². The van der Waals surface area contributed by atoms with E-state index >= 15 is 0 Å². The molecule has 7 heteroatoms. The van der Waals surface area contributed by atoms with Gasteiger partial charge in [-0.15, -0.1) is 0 Å². The van der Waals surface area contributed by atoms with Crippen LogP contribution in [0.3, 0.4) is 0 Å². The number of ether oxygens (including phenoxy) is 4. The molecule has 0 spiro atoms. The zero-order valence-corrected chi connectivity index (χ0v) is 15.9. The Morgan fingerprint density at radius 2 is 2.15 bits per heavy atom. The van der Waals surface area contributed by atoms with Crippen LogP contribution in [0, 0.1) is 5.92 Å². The van der Waals surface area contributed by atoms with E-state index in [4.69, 9.17) is 18.9 Å². The first-order chi connectivity index (χ1) is 12.7. The van der Waals surface area contributed by atoms with E-state index in [1.54, 1.807) is 13.8 Å². The van der Waals surface area contributed by atoms with Crippen LogP contribution in [0.4, 0.5) is 0 Å². The summed E-state index contributed by atoms with van der Waals surface area (Å²) >= 11 is 0. The molecule has 7 atom stereocenters. The first-order valence-electron chi connectivity index (χ1n) is 9.45. The summed E-state index contributed by atoms with van der Waals surface area (Å²) in [6.07, 6.45) is 2.18. The molecule has 0 saturated carbocycles. The van der Waals surface area contributed by atoms with E-state index in [0.29, 0.717) is 0 Å². The van der Waals surface area contributed by atoms with E-state index < -0.39 is 41.3 Å². The molecule has 3 fully saturated rings. The van der Waals surface area contributed by atoms with Crippen molar-refractivity contribution in [2.45, 2.75) is 75.7 Å². The lowest BCUT2D eigenvalue weighted by molar-refractivity contribution is -0.159. The van der Waals surface area contributed by atoms with Gasteiger partial charge in [0.05, 0.1) is 24.7 Å². The highest BCUT2D eigenvalue weighted by Gasteiger charge is 2.62. The summed E-state index contributed by atoms with van der Waals surface area (Å²) in [6, 6.07) is 0. The number of allylic oxidation sites excluding steroid dienone is 1. The molecular weight excluding hydrogens is 352 g/mol. The van der Waals surface area contributed by atoms with Crippen LogP contribution in [0.5, 0.6) is 0 Å². The zero-order valence-electron chi connectivity index (χ0n) is 15.9. The van der Waals surface area contributed by atoms with Gasteiger partial charge in [-0.05, 0) is 39.7 Å². The molecule has 1 N–H and O–H groups in total. The predicted octanol–water partition coefficient (Wildman–Crippen LogP) is 1.43. The number of epoxide rings is 2. The summed E-state index contributed by atoms with van der Waals surface area (Å²) in [5, 5.41) is 9.94. The molecule has 4 rings (SSSR count). The second-order valence-electron chi connectivity index (χ2n) is 8.32. The van der Waals surface area contributed by atoms with Gasteiger partial charge in [-0.3, -0.25) is 0 Å². The molecule has 0 radical (unpaired) electrons. The standard InChI is InChI=1S/C20H26O7/c1-10-5-6-15-20(9-21,27-15)8-14(25-18(23)19(4)12(3)26-19)16-11(2)17(22)24-13(16)7-10/h7,12-16,21H,2,5-6,8-9H2,1,3-4H3/b10-7-/t12-,13-,14-,15-,16+,19+,20+/m1/s1. The van der Waals surface area contributed by atoms with Gasteiger partial charge in [-0.2, -0.15) is 0 Å². The molecule has 0 aromatic rings. The lowest BCUT2D eigenvalue weighted by Crippen LogP contribution is -2.41. The van der Waals surface area contributed by atoms with Gasteiger partial charge in [-0.1, -0.05) is 12.2 Å². The van der Waals surface area contributed by atoms with Crippen molar-refractivity contribution in [2.24, 2.45) is 5.92 Å². The maximum atomic E-state index is 12.7. The van der Waals surface area contributed by atoms with Crippen LogP contribution in [-0.4, -0.2) is 59.3 Å². The zero-order chi connectivity index (χ0) is 19.6. The third-order valence-corrected chi connectivity index (χ3v) is 6.44. The third kappa shape index (κ3) is 3.02. The number of aliphatic hydroxyl groups excluding tert-OH is 1. The lowest BCUT2D eigenvalue weighted by Gasteiger charge is -2.29. The van der Waals surface area contributed by atoms with Crippen LogP contribution in [0.2, 0.25) is 0 Å². The van der Waals surface area contributed by atoms with Crippen molar-refractivity contribution in [2.75, 3.05) is 6.61 Å². The van der Waals surface area contributed by atoms with E-state index in [-0.39, 0.29) is 30.8 Å². The fourth-order valence-corrected chi connectivity index (χ4v) is 4.24. The average Bonchev–Trinajstić information content (AvgIpc) is 3.45. The molecule has 27 heavy (non-hydrogen) atoms. The van der Waals surface area contributed by atoms with Crippen LogP contribution >= 0.6 is 0 Å². The smallest absolute Gasteiger partial charge is 0.341 e. The van der Waals surface area contributed by atoms with Crippen molar-refractivity contribution in [3.8, 4) is 0 Å². The number of esters is 2. The molecule has 0 unspecified atom stereocenters. The quantitative estimate of drug-likeness (QED) is 0.343. The Morgan fingerprint density at radius 3 is 2.78 bits per heavy atom. The van der Waals surface area contributed by atoms with Gasteiger partial charge in [0.25, 0.3) is 0 Å². The first-order valence-corrected chi connectivity index (χ1v) is 9.45. The average molecular weight is 378 g/mol. The van der Waals surface area contributed by atoms with Crippen LogP contribution < -0.4 is 0 Å². The molecule has 3 saturated heterocycles. The summed E-state index contributed by atoms with van der Waals surface area (Å²) in [6.45, 7) is 9.17. The van der Waals surface area contributed by atoms with E-state index in [0.717, 1.165) is 18.4 Å². The van der Waals surface area contributed by atoms with E-state index in [9.17, 15) is 14.7 Å². The van der Waals surface area contributed by atoms with Gasteiger partial charge in [0, 0.05) is 12.0 Å². The summed E-state index contributed by atoms with van der Waals surface area (Å²) in [4.78, 5) is 24.9. The van der Waals surface area contributed by atoms with Crippen LogP contribution in [0.1, 0.15) is 40.0 Å². The largest absolute Gasteiger partial charge is 0.459 e. The van der Waals surface area contributed by atoms with Gasteiger partial charge < -0.3 is 24.1 Å². The maximum Gasteiger partial charge on any atom is 0.341 e. The molecular formula is C20H26O7. The van der Waals surface area contributed by atoms with E-state index in [1.165, 1.54) is 0 Å². The number of rotatable bonds is 3. The minimum Gasteiger partial charge on any atom is -0.459 e. The number of hydrogen-bond acceptors (Lipinski definition) is 7. The molecule has 148 valence electrons. The minimum absolute atomic E-state index is 0.0958. The van der Waals surface area contributed by atoms with Gasteiger partial charge >= 0.3 is 11.9 Å². The summed E-state index contributed by atoms with van der Waals surface area (Å²) < 4.78 is 22.5. The second-order valence-corrected chi connectivity index (χ2v) is 8.32. The summed E-state index contributed by atoms with van der Waals surface area (Å²) in [5.74, 6) is -1.47. The fourth-order valence-electron chi connectivity index (χ4n) is 4.24. The Balaban J connectivity index is 1.67. The van der Waals surface area contributed by atoms with Crippen LogP contribution in [0.15, 0.2) is 23.8 Å². The first kappa shape index (κ1) is 18.7. The number of fused-ring (bicyclic) bond motifs is 2. The molecule has 0 bridgehead atoms. The molecule has 3 heterocycles. The Morgan fingerprint density at radius 1 is 1.44 bits per heavy atom. The van der Waals surface area contributed by atoms with E-state index in [2.05, 4.69) is 6.58 Å². The van der Waals surface area contributed by atoms with Gasteiger partial charge in [-0.25, -0.2) is 9.59 Å². The highest BCUT2D eigenvalue weighted by atomic mass is 16.7. The van der Waals surface area contributed by atoms with Crippen molar-refractivity contribution in [3.63, 3.8) is 0 Å². The van der Waals surface area contributed by atoms with E-state index in [1.807, 2.05) is 13.0 Å². The van der Waals surface area contributed by atoms with Crippen molar-refractivity contribution in [1.82, 2.24) is 0 Å². The minimum atomic E-state index is -0.975. The monoisotopic (exact) mass is 378 g/mol. The fraction of sp³-hybridized carbons (Fsp3) is 0.700. The molecule has 1 aliphatic carbocycles. The molecule has 0 aromatic carbocycles. The van der Waals surface area contributed by atoms with Gasteiger partial charge in [0.2, 0.25) is 0 Å². The summed E-state index contributed by atoms with van der Waals surface area (Å²) in [7, 11) is 0. The van der Waals surface area contributed by atoms with Crippen molar-refractivity contribution < 1.29 is 33.6 Å². The highest BCUT2D eigenvalue weighted by Crippen LogP contribution is 2.48. The molecule has 4 aliphatic rings. The normalized spacial score (nSPS) is 47.9. The molecule has 0 amide bonds. The Labute approximate surface area is 158 Å². The SMILES string of the molecule is C=C1C(=O)O[C@@H]2/C=C(/C)CC[C@H]3O[C@]3(CO)C[C@@H](OC(=O)[C@@]3(C)O[C@@H]3C)[C@@H]12. The molecule has 0 aromatic heterocycles. The number of hydrogen-bond donors (Lipinski definition) is 1. The maximum absolute atomic E-state index is 12.7. The second kappa shape index (κ2) is 6.15. The highest BCUT2D eigenvalue weighted by molar-refractivity contribution is 5.91. The number of carbonyl (C=O) groups is 2. The molecule has 3 aliphatic heterocycles.